The lowest BCUT2D eigenvalue weighted by molar-refractivity contribution is -0.0182. The molecule has 0 unspecified atom stereocenters. The number of nitrogens with zero attached hydrogens (tertiary/aromatic N) is 3. The van der Waals surface area contributed by atoms with E-state index in [-0.39, 0.29) is 30.1 Å². The topological polar surface area (TPSA) is 113 Å². The number of aromatic hydroxyl groups is 1. The third-order valence-electron chi connectivity index (χ3n) is 5.36. The van der Waals surface area contributed by atoms with Gasteiger partial charge in [0, 0.05) is 24.4 Å². The minimum absolute atomic E-state index is 0.00658. The highest BCUT2D eigenvalue weighted by Gasteiger charge is 2.41. The average Bonchev–Trinajstić information content (AvgIpc) is 2.73. The summed E-state index contributed by atoms with van der Waals surface area (Å²) in [5.41, 5.74) is 7.73. The zero-order valence-corrected chi connectivity index (χ0v) is 16.4. The number of carboxylic acids is 1. The van der Waals surface area contributed by atoms with E-state index in [1.807, 2.05) is 0 Å². The van der Waals surface area contributed by atoms with Crippen molar-refractivity contribution in [3.05, 3.63) is 65.7 Å². The standard InChI is InChI=1S/C22H20F2N4O3/c23-22(24)10-15(13-5-7-14(8-6-13)21(30)31)11-28(12-22)18-9-17(26-27-20(18)25)16-3-1-2-4-19(16)29/h1-9,15,29H,10-12H2,(H2,25,27)(H,30,31)/t15-/m0/s1. The van der Waals surface area contributed by atoms with E-state index in [1.165, 1.54) is 23.1 Å². The summed E-state index contributed by atoms with van der Waals surface area (Å²) < 4.78 is 29.3. The number of carboxylic acid groups (broad SMARTS) is 1. The number of hydrogen-bond donors (Lipinski definition) is 3. The largest absolute Gasteiger partial charge is 0.507 e. The number of carbonyl (C=O) groups is 1. The second-order valence-electron chi connectivity index (χ2n) is 7.58. The Labute approximate surface area is 176 Å². The number of aromatic nitrogens is 2. The number of halogens is 2. The summed E-state index contributed by atoms with van der Waals surface area (Å²) in [5.74, 6) is -4.59. The highest BCUT2D eigenvalue weighted by molar-refractivity contribution is 5.87. The van der Waals surface area contributed by atoms with Crippen molar-refractivity contribution in [2.45, 2.75) is 18.3 Å². The second kappa shape index (κ2) is 7.82. The quantitative estimate of drug-likeness (QED) is 0.582. The molecule has 0 bridgehead atoms. The number of anilines is 2. The molecule has 2 aromatic carbocycles. The summed E-state index contributed by atoms with van der Waals surface area (Å²) in [4.78, 5) is 12.5. The molecule has 4 rings (SSSR count). The van der Waals surface area contributed by atoms with Gasteiger partial charge in [-0.3, -0.25) is 0 Å². The molecule has 0 radical (unpaired) electrons. The molecule has 1 aliphatic heterocycles. The van der Waals surface area contributed by atoms with Crippen molar-refractivity contribution in [3.8, 4) is 17.0 Å². The van der Waals surface area contributed by atoms with Crippen LogP contribution >= 0.6 is 0 Å². The molecule has 0 aliphatic carbocycles. The Morgan fingerprint density at radius 2 is 1.84 bits per heavy atom. The fourth-order valence-corrected chi connectivity index (χ4v) is 3.87. The van der Waals surface area contributed by atoms with Crippen molar-refractivity contribution in [2.75, 3.05) is 23.7 Å². The van der Waals surface area contributed by atoms with Crippen molar-refractivity contribution >= 4 is 17.5 Å². The number of nitrogens with two attached hydrogens (primary N) is 1. The van der Waals surface area contributed by atoms with Crippen molar-refractivity contribution in [3.63, 3.8) is 0 Å². The minimum Gasteiger partial charge on any atom is -0.507 e. The third kappa shape index (κ3) is 4.25. The summed E-state index contributed by atoms with van der Waals surface area (Å²) >= 11 is 0. The maximum absolute atomic E-state index is 14.7. The second-order valence-corrected chi connectivity index (χ2v) is 7.58. The average molecular weight is 426 g/mol. The van der Waals surface area contributed by atoms with Crippen LogP contribution in [0.1, 0.15) is 28.3 Å². The number of benzene rings is 2. The molecule has 0 saturated carbocycles. The van der Waals surface area contributed by atoms with Crippen molar-refractivity contribution in [1.29, 1.82) is 0 Å². The molecule has 0 amide bonds. The van der Waals surface area contributed by atoms with Gasteiger partial charge in [0.2, 0.25) is 0 Å². The number of phenols is 1. The Bertz CT molecular complexity index is 1120. The molecule has 1 fully saturated rings. The molecular weight excluding hydrogens is 406 g/mol. The zero-order valence-electron chi connectivity index (χ0n) is 16.4. The van der Waals surface area contributed by atoms with Gasteiger partial charge in [0.1, 0.15) is 5.75 Å². The Kier molecular flexibility index (Phi) is 5.18. The van der Waals surface area contributed by atoms with E-state index in [1.54, 1.807) is 36.4 Å². The van der Waals surface area contributed by atoms with E-state index >= 15 is 0 Å². The lowest BCUT2D eigenvalue weighted by atomic mass is 9.88. The van der Waals surface area contributed by atoms with Gasteiger partial charge in [0.05, 0.1) is 23.5 Å². The number of para-hydroxylation sites is 1. The van der Waals surface area contributed by atoms with Crippen LogP contribution in [0.15, 0.2) is 54.6 Å². The molecule has 1 atom stereocenters. The van der Waals surface area contributed by atoms with Crippen LogP contribution < -0.4 is 10.6 Å². The third-order valence-corrected chi connectivity index (χ3v) is 5.36. The monoisotopic (exact) mass is 426 g/mol. The highest BCUT2D eigenvalue weighted by atomic mass is 19.3. The van der Waals surface area contributed by atoms with E-state index < -0.39 is 24.4 Å². The Morgan fingerprint density at radius 1 is 1.13 bits per heavy atom. The minimum atomic E-state index is -2.99. The molecule has 1 saturated heterocycles. The molecule has 9 heteroatoms. The molecule has 7 nitrogen and oxygen atoms in total. The number of rotatable bonds is 4. The molecule has 160 valence electrons. The van der Waals surface area contributed by atoms with Gasteiger partial charge in [0.25, 0.3) is 5.92 Å². The Morgan fingerprint density at radius 3 is 2.52 bits per heavy atom. The van der Waals surface area contributed by atoms with E-state index in [2.05, 4.69) is 10.2 Å². The summed E-state index contributed by atoms with van der Waals surface area (Å²) in [6.45, 7) is -0.287. The molecule has 2 heterocycles. The first-order valence-corrected chi connectivity index (χ1v) is 9.61. The number of hydrogen-bond acceptors (Lipinski definition) is 6. The molecule has 4 N–H and O–H groups in total. The van der Waals surface area contributed by atoms with Gasteiger partial charge in [-0.15, -0.1) is 10.2 Å². The SMILES string of the molecule is Nc1nnc(-c2ccccc2O)cc1N1C[C@@H](c2ccc(C(=O)O)cc2)CC(F)(F)C1. The highest BCUT2D eigenvalue weighted by Crippen LogP contribution is 2.40. The Balaban J connectivity index is 1.68. The first-order valence-electron chi connectivity index (χ1n) is 9.61. The summed E-state index contributed by atoms with van der Waals surface area (Å²) in [6.07, 6.45) is -0.360. The summed E-state index contributed by atoms with van der Waals surface area (Å²) in [5, 5.41) is 27.1. The van der Waals surface area contributed by atoms with Gasteiger partial charge in [-0.2, -0.15) is 0 Å². The number of phenolic OH excluding ortho intramolecular Hbond substituents is 1. The van der Waals surface area contributed by atoms with Crippen LogP contribution in [0.2, 0.25) is 0 Å². The van der Waals surface area contributed by atoms with Gasteiger partial charge in [-0.1, -0.05) is 24.3 Å². The van der Waals surface area contributed by atoms with E-state index in [0.29, 0.717) is 22.5 Å². The van der Waals surface area contributed by atoms with Crippen LogP contribution in [0.4, 0.5) is 20.3 Å². The first-order chi connectivity index (χ1) is 14.7. The van der Waals surface area contributed by atoms with Gasteiger partial charge in [0.15, 0.2) is 5.82 Å². The number of aromatic carboxylic acids is 1. The maximum Gasteiger partial charge on any atom is 0.335 e. The summed E-state index contributed by atoms with van der Waals surface area (Å²) in [7, 11) is 0. The summed E-state index contributed by atoms with van der Waals surface area (Å²) in [6, 6.07) is 14.0. The van der Waals surface area contributed by atoms with Crippen molar-refractivity contribution in [2.24, 2.45) is 0 Å². The maximum atomic E-state index is 14.7. The molecule has 1 aromatic heterocycles. The zero-order chi connectivity index (χ0) is 22.2. The molecule has 31 heavy (non-hydrogen) atoms. The van der Waals surface area contributed by atoms with Crippen LogP contribution in [0.5, 0.6) is 5.75 Å². The van der Waals surface area contributed by atoms with Crippen molar-refractivity contribution < 1.29 is 23.8 Å². The fourth-order valence-electron chi connectivity index (χ4n) is 3.87. The van der Waals surface area contributed by atoms with Crippen LogP contribution in [0.25, 0.3) is 11.3 Å². The lowest BCUT2D eigenvalue weighted by Gasteiger charge is -2.39. The van der Waals surface area contributed by atoms with E-state index in [9.17, 15) is 18.7 Å². The van der Waals surface area contributed by atoms with Crippen LogP contribution in [0, 0.1) is 0 Å². The molecular formula is C22H20F2N4O3. The van der Waals surface area contributed by atoms with Gasteiger partial charge in [-0.25, -0.2) is 13.6 Å². The fraction of sp³-hybridized carbons (Fsp3) is 0.227. The Hall–Kier alpha value is -3.75. The van der Waals surface area contributed by atoms with Gasteiger partial charge in [-0.05, 0) is 35.9 Å². The predicted molar refractivity (Wildman–Crippen MR) is 111 cm³/mol. The van der Waals surface area contributed by atoms with E-state index in [0.717, 1.165) is 0 Å². The molecule has 1 aliphatic rings. The van der Waals surface area contributed by atoms with Crippen LogP contribution in [0.3, 0.4) is 0 Å². The van der Waals surface area contributed by atoms with Gasteiger partial charge >= 0.3 is 5.97 Å². The van der Waals surface area contributed by atoms with Gasteiger partial charge < -0.3 is 20.8 Å². The lowest BCUT2D eigenvalue weighted by Crippen LogP contribution is -2.46. The van der Waals surface area contributed by atoms with Crippen LogP contribution in [-0.2, 0) is 0 Å². The first kappa shape index (κ1) is 20.5. The molecule has 0 spiro atoms. The van der Waals surface area contributed by atoms with E-state index in [4.69, 9.17) is 10.8 Å². The smallest absolute Gasteiger partial charge is 0.335 e. The number of alkyl halides is 2. The molecule has 3 aromatic rings. The number of nitrogen functional groups attached to an aromatic ring is 1. The predicted octanol–water partition coefficient (Wildman–Crippen LogP) is 3.76. The van der Waals surface area contributed by atoms with Crippen molar-refractivity contribution in [1.82, 2.24) is 10.2 Å². The van der Waals surface area contributed by atoms with Crippen LogP contribution in [-0.4, -0.2) is 45.4 Å². The number of piperidine rings is 1. The normalized spacial score (nSPS) is 18.0.